The standard InChI is InChI=1S/C16H21NO4/c1-4-10-21-14-8-6-13(7-9-14)16(20)17(11-15(18)19)12(3)5-2/h4,6-9,12H,1,5,10-11H2,2-3H3,(H,18,19). The van der Waals surface area contributed by atoms with Gasteiger partial charge in [0.15, 0.2) is 0 Å². The molecule has 0 aliphatic carbocycles. The monoisotopic (exact) mass is 291 g/mol. The molecule has 114 valence electrons. The zero-order valence-electron chi connectivity index (χ0n) is 12.4. The third-order valence-corrected chi connectivity index (χ3v) is 3.16. The van der Waals surface area contributed by atoms with Crippen LogP contribution < -0.4 is 4.74 Å². The third-order valence-electron chi connectivity index (χ3n) is 3.16. The minimum absolute atomic E-state index is 0.134. The maximum Gasteiger partial charge on any atom is 0.323 e. The molecular weight excluding hydrogens is 270 g/mol. The van der Waals surface area contributed by atoms with E-state index in [4.69, 9.17) is 9.84 Å². The molecule has 0 saturated heterocycles. The van der Waals surface area contributed by atoms with E-state index in [1.165, 1.54) is 4.90 Å². The smallest absolute Gasteiger partial charge is 0.323 e. The van der Waals surface area contributed by atoms with E-state index in [0.29, 0.717) is 24.3 Å². The van der Waals surface area contributed by atoms with Gasteiger partial charge in [0, 0.05) is 11.6 Å². The Kier molecular flexibility index (Phi) is 6.46. The lowest BCUT2D eigenvalue weighted by atomic mass is 10.1. The second kappa shape index (κ2) is 8.09. The molecule has 1 amide bonds. The molecule has 0 aliphatic heterocycles. The molecule has 0 aromatic heterocycles. The van der Waals surface area contributed by atoms with Crippen LogP contribution in [-0.4, -0.2) is 41.1 Å². The van der Waals surface area contributed by atoms with Crippen molar-refractivity contribution in [1.29, 1.82) is 0 Å². The summed E-state index contributed by atoms with van der Waals surface area (Å²) in [5, 5.41) is 8.94. The van der Waals surface area contributed by atoms with Crippen LogP contribution in [0.5, 0.6) is 5.75 Å². The van der Waals surface area contributed by atoms with Crippen molar-refractivity contribution in [3.05, 3.63) is 42.5 Å². The number of ether oxygens (including phenoxy) is 1. The first-order chi connectivity index (χ1) is 9.99. The van der Waals surface area contributed by atoms with E-state index in [0.717, 1.165) is 0 Å². The van der Waals surface area contributed by atoms with Crippen molar-refractivity contribution in [2.75, 3.05) is 13.2 Å². The average molecular weight is 291 g/mol. The Morgan fingerprint density at radius 3 is 2.48 bits per heavy atom. The highest BCUT2D eigenvalue weighted by molar-refractivity contribution is 5.96. The van der Waals surface area contributed by atoms with Crippen LogP contribution in [0, 0.1) is 0 Å². The predicted octanol–water partition coefficient (Wildman–Crippen LogP) is 2.58. The molecule has 5 nitrogen and oxygen atoms in total. The van der Waals surface area contributed by atoms with Gasteiger partial charge in [-0.15, -0.1) is 0 Å². The summed E-state index contributed by atoms with van der Waals surface area (Å²) in [6.45, 7) is 7.40. The van der Waals surface area contributed by atoms with Crippen LogP contribution in [0.25, 0.3) is 0 Å². The number of rotatable bonds is 8. The Bertz CT molecular complexity index is 496. The van der Waals surface area contributed by atoms with E-state index in [9.17, 15) is 9.59 Å². The van der Waals surface area contributed by atoms with Gasteiger partial charge in [0.2, 0.25) is 0 Å². The Balaban J connectivity index is 2.87. The number of carboxylic acid groups (broad SMARTS) is 1. The normalized spacial score (nSPS) is 11.5. The second-order valence-electron chi connectivity index (χ2n) is 4.71. The first kappa shape index (κ1) is 16.8. The van der Waals surface area contributed by atoms with Crippen molar-refractivity contribution in [2.24, 2.45) is 0 Å². The number of hydrogen-bond donors (Lipinski definition) is 1. The van der Waals surface area contributed by atoms with Gasteiger partial charge in [-0.05, 0) is 37.6 Å². The molecule has 1 atom stereocenters. The second-order valence-corrected chi connectivity index (χ2v) is 4.71. The van der Waals surface area contributed by atoms with Crippen molar-refractivity contribution in [3.63, 3.8) is 0 Å². The summed E-state index contributed by atoms with van der Waals surface area (Å²) in [5.74, 6) is -0.670. The largest absolute Gasteiger partial charge is 0.490 e. The van der Waals surface area contributed by atoms with Crippen LogP contribution >= 0.6 is 0 Å². The molecule has 0 aliphatic rings. The molecule has 0 bridgehead atoms. The highest BCUT2D eigenvalue weighted by Gasteiger charge is 2.22. The Labute approximate surface area is 124 Å². The van der Waals surface area contributed by atoms with Crippen LogP contribution in [0.4, 0.5) is 0 Å². The summed E-state index contributed by atoms with van der Waals surface area (Å²) in [6, 6.07) is 6.51. The summed E-state index contributed by atoms with van der Waals surface area (Å²) in [7, 11) is 0. The summed E-state index contributed by atoms with van der Waals surface area (Å²) in [4.78, 5) is 24.7. The van der Waals surface area contributed by atoms with E-state index in [1.807, 2.05) is 13.8 Å². The molecule has 1 rings (SSSR count). The number of amides is 1. The van der Waals surface area contributed by atoms with Gasteiger partial charge < -0.3 is 14.7 Å². The highest BCUT2D eigenvalue weighted by atomic mass is 16.5. The number of carbonyl (C=O) groups is 2. The Morgan fingerprint density at radius 1 is 1.38 bits per heavy atom. The molecule has 1 unspecified atom stereocenters. The molecule has 0 heterocycles. The average Bonchev–Trinajstić information content (AvgIpc) is 2.49. The molecule has 0 saturated carbocycles. The maximum atomic E-state index is 12.4. The molecule has 1 aromatic rings. The lowest BCUT2D eigenvalue weighted by Gasteiger charge is -2.27. The number of benzene rings is 1. The third kappa shape index (κ3) is 4.95. The quantitative estimate of drug-likeness (QED) is 0.748. The molecule has 0 spiro atoms. The van der Waals surface area contributed by atoms with Crippen LogP contribution in [0.15, 0.2) is 36.9 Å². The van der Waals surface area contributed by atoms with E-state index < -0.39 is 5.97 Å². The van der Waals surface area contributed by atoms with E-state index >= 15 is 0 Å². The summed E-state index contributed by atoms with van der Waals surface area (Å²) >= 11 is 0. The van der Waals surface area contributed by atoms with Crippen molar-refractivity contribution >= 4 is 11.9 Å². The Morgan fingerprint density at radius 2 is 2.00 bits per heavy atom. The minimum Gasteiger partial charge on any atom is -0.490 e. The molecule has 5 heteroatoms. The number of aliphatic carboxylic acids is 1. The van der Waals surface area contributed by atoms with E-state index in [1.54, 1.807) is 30.3 Å². The topological polar surface area (TPSA) is 66.8 Å². The summed E-state index contributed by atoms with van der Waals surface area (Å²) in [5.41, 5.74) is 0.447. The first-order valence-corrected chi connectivity index (χ1v) is 6.86. The predicted molar refractivity (Wildman–Crippen MR) is 80.6 cm³/mol. The molecule has 1 N–H and O–H groups in total. The molecule has 0 fully saturated rings. The fourth-order valence-electron chi connectivity index (χ4n) is 1.81. The van der Waals surface area contributed by atoms with Gasteiger partial charge in [0.05, 0.1) is 0 Å². The van der Waals surface area contributed by atoms with Gasteiger partial charge in [-0.1, -0.05) is 19.6 Å². The molecule has 0 radical (unpaired) electrons. The maximum absolute atomic E-state index is 12.4. The zero-order chi connectivity index (χ0) is 15.8. The molecule has 21 heavy (non-hydrogen) atoms. The van der Waals surface area contributed by atoms with Crippen molar-refractivity contribution in [3.8, 4) is 5.75 Å². The van der Waals surface area contributed by atoms with Crippen molar-refractivity contribution < 1.29 is 19.4 Å². The van der Waals surface area contributed by atoms with Crippen LogP contribution in [0.2, 0.25) is 0 Å². The highest BCUT2D eigenvalue weighted by Crippen LogP contribution is 2.15. The number of carboxylic acids is 1. The van der Waals surface area contributed by atoms with Gasteiger partial charge >= 0.3 is 5.97 Å². The minimum atomic E-state index is -1.02. The number of carbonyl (C=O) groups excluding carboxylic acids is 1. The van der Waals surface area contributed by atoms with Crippen molar-refractivity contribution in [2.45, 2.75) is 26.3 Å². The number of nitrogens with zero attached hydrogens (tertiary/aromatic N) is 1. The van der Waals surface area contributed by atoms with Gasteiger partial charge in [-0.25, -0.2) is 0 Å². The lowest BCUT2D eigenvalue weighted by Crippen LogP contribution is -2.41. The SMILES string of the molecule is C=CCOc1ccc(C(=O)N(CC(=O)O)C(C)CC)cc1. The first-order valence-electron chi connectivity index (χ1n) is 6.86. The molecule has 1 aromatic carbocycles. The van der Waals surface area contributed by atoms with Crippen LogP contribution in [-0.2, 0) is 4.79 Å². The van der Waals surface area contributed by atoms with Gasteiger partial charge in [0.25, 0.3) is 5.91 Å². The lowest BCUT2D eigenvalue weighted by molar-refractivity contribution is -0.138. The summed E-state index contributed by atoms with van der Waals surface area (Å²) in [6.07, 6.45) is 2.33. The van der Waals surface area contributed by atoms with Gasteiger partial charge in [0.1, 0.15) is 18.9 Å². The zero-order valence-corrected chi connectivity index (χ0v) is 12.4. The fourth-order valence-corrected chi connectivity index (χ4v) is 1.81. The molecular formula is C16H21NO4. The van der Waals surface area contributed by atoms with Crippen LogP contribution in [0.3, 0.4) is 0 Å². The van der Waals surface area contributed by atoms with Crippen molar-refractivity contribution in [1.82, 2.24) is 4.90 Å². The number of hydrogen-bond acceptors (Lipinski definition) is 3. The van der Waals surface area contributed by atoms with E-state index in [-0.39, 0.29) is 18.5 Å². The Hall–Kier alpha value is -2.30. The van der Waals surface area contributed by atoms with Gasteiger partial charge in [-0.2, -0.15) is 0 Å². The van der Waals surface area contributed by atoms with Gasteiger partial charge in [-0.3, -0.25) is 9.59 Å². The van der Waals surface area contributed by atoms with E-state index in [2.05, 4.69) is 6.58 Å². The summed E-state index contributed by atoms with van der Waals surface area (Å²) < 4.78 is 5.35. The van der Waals surface area contributed by atoms with Crippen LogP contribution in [0.1, 0.15) is 30.6 Å². The fraction of sp³-hybridized carbons (Fsp3) is 0.375.